The van der Waals surface area contributed by atoms with Gasteiger partial charge in [0, 0.05) is 16.2 Å². The summed E-state index contributed by atoms with van der Waals surface area (Å²) in [5, 5.41) is 14.2. The molecule has 1 N–H and O–H groups in total. The summed E-state index contributed by atoms with van der Waals surface area (Å²) in [6.07, 6.45) is 1.67. The van der Waals surface area contributed by atoms with Crippen LogP contribution in [0.2, 0.25) is 0 Å². The van der Waals surface area contributed by atoms with Gasteiger partial charge in [0.25, 0.3) is 5.82 Å². The fraction of sp³-hybridized carbons (Fsp3) is 0.417. The molecule has 0 bridgehead atoms. The molecular weight excluding hydrogens is 314 g/mol. The van der Waals surface area contributed by atoms with Crippen molar-refractivity contribution in [2.24, 2.45) is 0 Å². The second-order valence-corrected chi connectivity index (χ2v) is 5.47. The zero-order valence-corrected chi connectivity index (χ0v) is 12.4. The van der Waals surface area contributed by atoms with Crippen molar-refractivity contribution in [1.29, 1.82) is 0 Å². The summed E-state index contributed by atoms with van der Waals surface area (Å²) in [7, 11) is 0. The lowest BCUT2D eigenvalue weighted by Gasteiger charge is -2.18. The van der Waals surface area contributed by atoms with Crippen LogP contribution < -0.4 is 0 Å². The van der Waals surface area contributed by atoms with Gasteiger partial charge in [0.15, 0.2) is 5.65 Å². The third-order valence-electron chi connectivity index (χ3n) is 2.52. The van der Waals surface area contributed by atoms with E-state index in [1.165, 1.54) is 4.52 Å². The number of pyridine rings is 1. The van der Waals surface area contributed by atoms with Gasteiger partial charge in [0.1, 0.15) is 0 Å². The number of esters is 1. The number of hydrogen-bond acceptors (Lipinski definition) is 5. The van der Waals surface area contributed by atoms with Gasteiger partial charge in [-0.2, -0.15) is 0 Å². The van der Waals surface area contributed by atoms with Gasteiger partial charge in [0.05, 0.1) is 12.2 Å². The van der Waals surface area contributed by atoms with Gasteiger partial charge in [-0.25, -0.2) is 14.3 Å². The Morgan fingerprint density at radius 1 is 1.58 bits per heavy atom. The lowest BCUT2D eigenvalue weighted by Crippen LogP contribution is -2.17. The quantitative estimate of drug-likeness (QED) is 0.871. The maximum absolute atomic E-state index is 11.6. The summed E-state index contributed by atoms with van der Waals surface area (Å²) in [5.41, 5.74) is -0.0899. The molecule has 2 heterocycles. The number of halogens is 1. The zero-order chi connectivity index (χ0) is 14.2. The van der Waals surface area contributed by atoms with Crippen molar-refractivity contribution in [3.8, 4) is 0 Å². The summed E-state index contributed by atoms with van der Waals surface area (Å²) >= 11 is 3.34. The van der Waals surface area contributed by atoms with Crippen LogP contribution >= 0.6 is 15.9 Å². The van der Waals surface area contributed by atoms with Crippen LogP contribution in [0.5, 0.6) is 0 Å². The predicted molar refractivity (Wildman–Crippen MR) is 71.9 cm³/mol. The van der Waals surface area contributed by atoms with E-state index in [-0.39, 0.29) is 12.4 Å². The Kier molecular flexibility index (Phi) is 3.60. The normalized spacial score (nSPS) is 11.8. The minimum atomic E-state index is -1.09. The molecule has 0 fully saturated rings. The van der Waals surface area contributed by atoms with E-state index in [1.807, 2.05) is 0 Å². The SMILES string of the molecule is CCOC(=O)c1nc2c(C(C)(C)O)cc(Br)cn2n1. The first kappa shape index (κ1) is 14.0. The molecule has 2 rings (SSSR count). The van der Waals surface area contributed by atoms with E-state index < -0.39 is 11.6 Å². The largest absolute Gasteiger partial charge is 0.460 e. The third-order valence-corrected chi connectivity index (χ3v) is 2.95. The van der Waals surface area contributed by atoms with Crippen LogP contribution in [-0.4, -0.2) is 32.3 Å². The van der Waals surface area contributed by atoms with Gasteiger partial charge < -0.3 is 9.84 Å². The van der Waals surface area contributed by atoms with Gasteiger partial charge in [-0.05, 0) is 42.8 Å². The molecule has 0 amide bonds. The van der Waals surface area contributed by atoms with Crippen LogP contribution in [0.25, 0.3) is 5.65 Å². The summed E-state index contributed by atoms with van der Waals surface area (Å²) in [5.74, 6) is -0.602. The van der Waals surface area contributed by atoms with E-state index in [1.54, 1.807) is 33.0 Å². The molecule has 6 nitrogen and oxygen atoms in total. The molecule has 0 saturated heterocycles. The third kappa shape index (κ3) is 2.76. The topological polar surface area (TPSA) is 76.7 Å². The van der Waals surface area contributed by atoms with Crippen LogP contribution in [0.4, 0.5) is 0 Å². The average Bonchev–Trinajstić information content (AvgIpc) is 2.70. The van der Waals surface area contributed by atoms with Crippen molar-refractivity contribution in [1.82, 2.24) is 14.6 Å². The Labute approximate surface area is 118 Å². The van der Waals surface area contributed by atoms with Crippen LogP contribution in [-0.2, 0) is 10.3 Å². The van der Waals surface area contributed by atoms with E-state index >= 15 is 0 Å². The van der Waals surface area contributed by atoms with Gasteiger partial charge >= 0.3 is 5.97 Å². The van der Waals surface area contributed by atoms with E-state index in [0.29, 0.717) is 11.2 Å². The van der Waals surface area contributed by atoms with Crippen molar-refractivity contribution in [2.45, 2.75) is 26.4 Å². The first-order valence-electron chi connectivity index (χ1n) is 5.79. The van der Waals surface area contributed by atoms with Crippen molar-refractivity contribution in [3.63, 3.8) is 0 Å². The molecule has 2 aromatic heterocycles. The highest BCUT2D eigenvalue weighted by Crippen LogP contribution is 2.26. The number of aliphatic hydroxyl groups is 1. The molecule has 0 radical (unpaired) electrons. The lowest BCUT2D eigenvalue weighted by atomic mass is 10.00. The van der Waals surface area contributed by atoms with E-state index in [0.717, 1.165) is 4.47 Å². The van der Waals surface area contributed by atoms with Gasteiger partial charge in [-0.15, -0.1) is 5.10 Å². The molecule has 0 spiro atoms. The molecular formula is C12H14BrN3O3. The highest BCUT2D eigenvalue weighted by molar-refractivity contribution is 9.10. The highest BCUT2D eigenvalue weighted by atomic mass is 79.9. The number of rotatable bonds is 3. The number of ether oxygens (including phenoxy) is 1. The summed E-state index contributed by atoms with van der Waals surface area (Å²) < 4.78 is 7.04. The number of aromatic nitrogens is 3. The Bertz CT molecular complexity index is 631. The number of hydrogen-bond donors (Lipinski definition) is 1. The van der Waals surface area contributed by atoms with Gasteiger partial charge in [-0.1, -0.05) is 0 Å². The maximum atomic E-state index is 11.6. The average molecular weight is 328 g/mol. The van der Waals surface area contributed by atoms with Crippen LogP contribution in [0, 0.1) is 0 Å². The number of fused-ring (bicyclic) bond motifs is 1. The summed E-state index contributed by atoms with van der Waals surface area (Å²) in [4.78, 5) is 15.8. The first-order chi connectivity index (χ1) is 8.82. The fourth-order valence-corrected chi connectivity index (χ4v) is 2.11. The molecule has 0 atom stereocenters. The Hall–Kier alpha value is -1.47. The highest BCUT2D eigenvalue weighted by Gasteiger charge is 2.24. The molecule has 19 heavy (non-hydrogen) atoms. The minimum absolute atomic E-state index is 0.0227. The molecule has 0 aliphatic rings. The summed E-state index contributed by atoms with van der Waals surface area (Å²) in [6.45, 7) is 5.27. The minimum Gasteiger partial charge on any atom is -0.460 e. The Balaban J connectivity index is 2.62. The van der Waals surface area contributed by atoms with Gasteiger partial charge in [0.2, 0.25) is 0 Å². The molecule has 0 aromatic carbocycles. The lowest BCUT2D eigenvalue weighted by molar-refractivity contribution is 0.0512. The molecule has 2 aromatic rings. The van der Waals surface area contributed by atoms with Crippen LogP contribution in [0.15, 0.2) is 16.7 Å². The van der Waals surface area contributed by atoms with Gasteiger partial charge in [-0.3, -0.25) is 0 Å². The molecule has 7 heteroatoms. The van der Waals surface area contributed by atoms with Crippen molar-refractivity contribution < 1.29 is 14.6 Å². The van der Waals surface area contributed by atoms with E-state index in [4.69, 9.17) is 4.74 Å². The molecule has 0 saturated carbocycles. The second-order valence-electron chi connectivity index (χ2n) is 4.56. The first-order valence-corrected chi connectivity index (χ1v) is 6.58. The number of carbonyl (C=O) groups excluding carboxylic acids is 1. The number of nitrogens with zero attached hydrogens (tertiary/aromatic N) is 3. The van der Waals surface area contributed by atoms with Crippen molar-refractivity contribution in [3.05, 3.63) is 28.1 Å². The standard InChI is InChI=1S/C12H14BrN3O3/c1-4-19-11(17)9-14-10-8(12(2,3)18)5-7(13)6-16(10)15-9/h5-6,18H,4H2,1-3H3. The molecule has 102 valence electrons. The van der Waals surface area contributed by atoms with Crippen LogP contribution in [0.3, 0.4) is 0 Å². The van der Waals surface area contributed by atoms with Crippen molar-refractivity contribution in [2.75, 3.05) is 6.61 Å². The van der Waals surface area contributed by atoms with E-state index in [9.17, 15) is 9.90 Å². The monoisotopic (exact) mass is 327 g/mol. The van der Waals surface area contributed by atoms with E-state index in [2.05, 4.69) is 26.0 Å². The molecule has 0 aliphatic carbocycles. The predicted octanol–water partition coefficient (Wildman–Crippen LogP) is 1.90. The molecule has 0 unspecified atom stereocenters. The Morgan fingerprint density at radius 2 is 2.26 bits per heavy atom. The zero-order valence-electron chi connectivity index (χ0n) is 10.8. The number of carbonyl (C=O) groups is 1. The summed E-state index contributed by atoms with van der Waals surface area (Å²) in [6, 6.07) is 1.75. The fourth-order valence-electron chi connectivity index (χ4n) is 1.69. The van der Waals surface area contributed by atoms with Crippen LogP contribution in [0.1, 0.15) is 37.0 Å². The van der Waals surface area contributed by atoms with Crippen molar-refractivity contribution >= 4 is 27.5 Å². The smallest absolute Gasteiger partial charge is 0.378 e. The second kappa shape index (κ2) is 4.90. The molecule has 0 aliphatic heterocycles. The maximum Gasteiger partial charge on any atom is 0.378 e. The Morgan fingerprint density at radius 3 is 2.84 bits per heavy atom.